The third-order valence-electron chi connectivity index (χ3n) is 2.50. The van der Waals surface area contributed by atoms with Gasteiger partial charge in [-0.25, -0.2) is 9.18 Å². The second-order valence-corrected chi connectivity index (χ2v) is 5.03. The number of hydrogen-bond acceptors (Lipinski definition) is 5. The molecule has 0 saturated carbocycles. The van der Waals surface area contributed by atoms with Crippen LogP contribution in [0.1, 0.15) is 11.8 Å². The molecule has 1 aliphatic rings. The van der Waals surface area contributed by atoms with Gasteiger partial charge in [-0.05, 0) is 6.07 Å². The van der Waals surface area contributed by atoms with Crippen LogP contribution in [0, 0.1) is 0 Å². The Labute approximate surface area is 95.5 Å². The number of alkyl halides is 1. The minimum atomic E-state index is -1.09. The summed E-state index contributed by atoms with van der Waals surface area (Å²) in [6, 6.07) is 1.50. The van der Waals surface area contributed by atoms with Gasteiger partial charge in [-0.2, -0.15) is 4.98 Å². The number of thioether (sulfide) groups is 1. The van der Waals surface area contributed by atoms with Crippen molar-refractivity contribution in [2.75, 3.05) is 12.3 Å². The lowest BCUT2D eigenvalue weighted by molar-refractivity contribution is 0.227. The molecule has 0 spiro atoms. The van der Waals surface area contributed by atoms with Crippen molar-refractivity contribution in [1.82, 2.24) is 9.55 Å². The van der Waals surface area contributed by atoms with Gasteiger partial charge >= 0.3 is 5.69 Å². The van der Waals surface area contributed by atoms with Crippen molar-refractivity contribution >= 4 is 17.6 Å². The first-order valence-corrected chi connectivity index (χ1v) is 5.81. The molecule has 1 aromatic heterocycles. The van der Waals surface area contributed by atoms with Gasteiger partial charge in [0.2, 0.25) is 0 Å². The molecule has 2 heterocycles. The number of nitrogen functional groups attached to an aromatic ring is 1. The van der Waals surface area contributed by atoms with Crippen LogP contribution in [0.25, 0.3) is 0 Å². The van der Waals surface area contributed by atoms with Crippen molar-refractivity contribution in [2.45, 2.75) is 23.2 Å². The number of hydrogen-bond donors (Lipinski definition) is 2. The number of nitrogens with zero attached hydrogens (tertiary/aromatic N) is 2. The Morgan fingerprint density at radius 1 is 1.75 bits per heavy atom. The molecular formula is C9H12FN3O2S. The van der Waals surface area contributed by atoms with E-state index in [4.69, 9.17) is 10.8 Å². The molecule has 0 aliphatic carbocycles. The standard InChI is InChI=1S/C9H12FN3O2S/c10-5-3-8(16-6(5)4-14)13-2-1-7(11)12-9(13)15/h1-2,5-6,8,14H,3-4H2,(H2,11,12,15). The van der Waals surface area contributed by atoms with Crippen molar-refractivity contribution in [2.24, 2.45) is 0 Å². The maximum atomic E-state index is 13.4. The fraction of sp³-hybridized carbons (Fsp3) is 0.556. The molecule has 0 amide bonds. The zero-order chi connectivity index (χ0) is 11.7. The summed E-state index contributed by atoms with van der Waals surface area (Å²) < 4.78 is 14.7. The average Bonchev–Trinajstić information content (AvgIpc) is 2.59. The van der Waals surface area contributed by atoms with Crippen LogP contribution in [-0.4, -0.2) is 32.7 Å². The van der Waals surface area contributed by atoms with E-state index in [2.05, 4.69) is 4.98 Å². The van der Waals surface area contributed by atoms with Gasteiger partial charge in [-0.15, -0.1) is 11.8 Å². The van der Waals surface area contributed by atoms with Crippen molar-refractivity contribution in [3.8, 4) is 0 Å². The van der Waals surface area contributed by atoms with Crippen molar-refractivity contribution in [1.29, 1.82) is 0 Å². The summed E-state index contributed by atoms with van der Waals surface area (Å²) in [4.78, 5) is 15.1. The van der Waals surface area contributed by atoms with Gasteiger partial charge in [0.05, 0.1) is 17.2 Å². The van der Waals surface area contributed by atoms with E-state index in [1.54, 1.807) is 0 Å². The molecule has 3 atom stereocenters. The van der Waals surface area contributed by atoms with Crippen LogP contribution in [0.15, 0.2) is 17.1 Å². The Balaban J connectivity index is 2.23. The molecule has 1 aromatic rings. The minimum Gasteiger partial charge on any atom is -0.395 e. The van der Waals surface area contributed by atoms with E-state index in [-0.39, 0.29) is 24.2 Å². The van der Waals surface area contributed by atoms with Crippen molar-refractivity contribution in [3.63, 3.8) is 0 Å². The molecule has 1 saturated heterocycles. The lowest BCUT2D eigenvalue weighted by Crippen LogP contribution is -2.25. The lowest BCUT2D eigenvalue weighted by Gasteiger charge is -2.12. The van der Waals surface area contributed by atoms with E-state index in [1.165, 1.54) is 28.6 Å². The van der Waals surface area contributed by atoms with Crippen molar-refractivity contribution < 1.29 is 9.50 Å². The number of aliphatic hydroxyl groups excluding tert-OH is 1. The van der Waals surface area contributed by atoms with Crippen LogP contribution >= 0.6 is 11.8 Å². The Kier molecular flexibility index (Phi) is 3.15. The second-order valence-electron chi connectivity index (χ2n) is 3.61. The molecule has 0 aromatic carbocycles. The van der Waals surface area contributed by atoms with E-state index in [9.17, 15) is 9.18 Å². The first-order valence-electron chi connectivity index (χ1n) is 4.87. The molecule has 16 heavy (non-hydrogen) atoms. The van der Waals surface area contributed by atoms with Gasteiger partial charge in [-0.3, -0.25) is 4.57 Å². The summed E-state index contributed by atoms with van der Waals surface area (Å²) in [6.07, 6.45) is 0.625. The highest BCUT2D eigenvalue weighted by atomic mass is 32.2. The van der Waals surface area contributed by atoms with Crippen LogP contribution in [0.2, 0.25) is 0 Å². The normalized spacial score (nSPS) is 29.5. The predicted molar refractivity (Wildman–Crippen MR) is 59.9 cm³/mol. The van der Waals surface area contributed by atoms with E-state index in [0.717, 1.165) is 0 Å². The number of halogens is 1. The van der Waals surface area contributed by atoms with Gasteiger partial charge in [0.15, 0.2) is 0 Å². The predicted octanol–water partition coefficient (Wildman–Crippen LogP) is 0.160. The Bertz CT molecular complexity index is 439. The van der Waals surface area contributed by atoms with E-state index >= 15 is 0 Å². The maximum Gasteiger partial charge on any atom is 0.350 e. The zero-order valence-corrected chi connectivity index (χ0v) is 9.23. The second kappa shape index (κ2) is 4.42. The molecule has 1 fully saturated rings. The monoisotopic (exact) mass is 245 g/mol. The number of nitrogens with two attached hydrogens (primary N) is 1. The molecule has 2 rings (SSSR count). The minimum absolute atomic E-state index is 0.153. The van der Waals surface area contributed by atoms with Crippen LogP contribution < -0.4 is 11.4 Å². The van der Waals surface area contributed by atoms with Crippen LogP contribution in [0.5, 0.6) is 0 Å². The van der Waals surface area contributed by atoms with Crippen LogP contribution in [0.4, 0.5) is 10.2 Å². The molecule has 5 nitrogen and oxygen atoms in total. The highest BCUT2D eigenvalue weighted by molar-refractivity contribution is 8.00. The Morgan fingerprint density at radius 3 is 3.06 bits per heavy atom. The largest absolute Gasteiger partial charge is 0.395 e. The third-order valence-corrected chi connectivity index (χ3v) is 4.03. The molecule has 0 radical (unpaired) electrons. The molecule has 3 unspecified atom stereocenters. The number of anilines is 1. The molecular weight excluding hydrogens is 233 g/mol. The average molecular weight is 245 g/mol. The first-order chi connectivity index (χ1) is 7.61. The number of aromatic nitrogens is 2. The number of rotatable bonds is 2. The summed E-state index contributed by atoms with van der Waals surface area (Å²) in [5, 5.41) is 8.15. The van der Waals surface area contributed by atoms with E-state index < -0.39 is 17.1 Å². The smallest absolute Gasteiger partial charge is 0.350 e. The van der Waals surface area contributed by atoms with Gasteiger partial charge in [-0.1, -0.05) is 0 Å². The fourth-order valence-corrected chi connectivity index (χ4v) is 3.03. The highest BCUT2D eigenvalue weighted by Gasteiger charge is 2.36. The van der Waals surface area contributed by atoms with Gasteiger partial charge in [0, 0.05) is 12.6 Å². The van der Waals surface area contributed by atoms with Gasteiger partial charge in [0.25, 0.3) is 0 Å². The quantitative estimate of drug-likeness (QED) is 0.775. The van der Waals surface area contributed by atoms with E-state index in [0.29, 0.717) is 0 Å². The maximum absolute atomic E-state index is 13.4. The highest BCUT2D eigenvalue weighted by Crippen LogP contribution is 2.42. The number of aliphatic hydroxyl groups is 1. The third kappa shape index (κ3) is 2.05. The lowest BCUT2D eigenvalue weighted by atomic mass is 10.2. The summed E-state index contributed by atoms with van der Waals surface area (Å²) in [7, 11) is 0. The SMILES string of the molecule is Nc1ccn(C2CC(F)C(CO)S2)c(=O)n1. The summed E-state index contributed by atoms with van der Waals surface area (Å²) in [5.41, 5.74) is 4.88. The van der Waals surface area contributed by atoms with E-state index in [1.807, 2.05) is 0 Å². The first kappa shape index (κ1) is 11.4. The van der Waals surface area contributed by atoms with Crippen LogP contribution in [-0.2, 0) is 0 Å². The Morgan fingerprint density at radius 2 is 2.50 bits per heavy atom. The van der Waals surface area contributed by atoms with Gasteiger partial charge in [0.1, 0.15) is 12.0 Å². The molecule has 0 bridgehead atoms. The topological polar surface area (TPSA) is 81.1 Å². The summed E-state index contributed by atoms with van der Waals surface area (Å²) in [5.74, 6) is 0.153. The summed E-state index contributed by atoms with van der Waals surface area (Å²) >= 11 is 1.25. The molecule has 88 valence electrons. The van der Waals surface area contributed by atoms with Crippen LogP contribution in [0.3, 0.4) is 0 Å². The Hall–Kier alpha value is -1.08. The molecule has 3 N–H and O–H groups in total. The molecule has 7 heteroatoms. The van der Waals surface area contributed by atoms with Crippen molar-refractivity contribution in [3.05, 3.63) is 22.7 Å². The zero-order valence-electron chi connectivity index (χ0n) is 8.41. The fourth-order valence-electron chi connectivity index (χ4n) is 1.67. The molecule has 1 aliphatic heterocycles. The summed E-state index contributed by atoms with van der Waals surface area (Å²) in [6.45, 7) is -0.223. The van der Waals surface area contributed by atoms with Gasteiger partial charge < -0.3 is 10.8 Å².